The SMILES string of the molecule is CC(Oc1cccc(N)c1)(c1ccccc1)c1ccccc1. The summed E-state index contributed by atoms with van der Waals surface area (Å²) >= 11 is 0. The Hall–Kier alpha value is -2.74. The number of rotatable bonds is 4. The second-order valence-electron chi connectivity index (χ2n) is 5.44. The zero-order valence-corrected chi connectivity index (χ0v) is 12.6. The van der Waals surface area contributed by atoms with Crippen LogP contribution in [0.5, 0.6) is 5.75 Å². The second kappa shape index (κ2) is 5.94. The molecule has 3 aromatic rings. The molecule has 3 rings (SSSR count). The molecule has 0 heterocycles. The second-order valence-corrected chi connectivity index (χ2v) is 5.44. The van der Waals surface area contributed by atoms with Crippen molar-refractivity contribution in [2.24, 2.45) is 0 Å². The predicted molar refractivity (Wildman–Crippen MR) is 90.8 cm³/mol. The molecule has 110 valence electrons. The standard InChI is InChI=1S/C20H19NO/c1-20(16-9-4-2-5-10-16,17-11-6-3-7-12-17)22-19-14-8-13-18(21)15-19/h2-15H,21H2,1H3. The Bertz CT molecular complexity index is 698. The average molecular weight is 289 g/mol. The molecule has 0 aliphatic carbocycles. The molecule has 2 N–H and O–H groups in total. The lowest BCUT2D eigenvalue weighted by atomic mass is 9.88. The van der Waals surface area contributed by atoms with Crippen molar-refractivity contribution in [3.63, 3.8) is 0 Å². The van der Waals surface area contributed by atoms with Gasteiger partial charge in [-0.05, 0) is 30.2 Å². The van der Waals surface area contributed by atoms with Crippen molar-refractivity contribution in [2.75, 3.05) is 5.73 Å². The lowest BCUT2D eigenvalue weighted by molar-refractivity contribution is 0.132. The predicted octanol–water partition coefficient (Wildman–Crippen LogP) is 4.61. The van der Waals surface area contributed by atoms with Gasteiger partial charge < -0.3 is 10.5 Å². The van der Waals surface area contributed by atoms with Gasteiger partial charge in [0, 0.05) is 11.8 Å². The lowest BCUT2D eigenvalue weighted by Gasteiger charge is -2.32. The van der Waals surface area contributed by atoms with Crippen molar-refractivity contribution < 1.29 is 4.74 Å². The monoisotopic (exact) mass is 289 g/mol. The van der Waals surface area contributed by atoms with Crippen molar-refractivity contribution in [1.29, 1.82) is 0 Å². The summed E-state index contributed by atoms with van der Waals surface area (Å²) < 4.78 is 6.37. The fourth-order valence-electron chi connectivity index (χ4n) is 2.61. The van der Waals surface area contributed by atoms with E-state index in [0.717, 1.165) is 16.9 Å². The first-order chi connectivity index (χ1) is 10.7. The van der Waals surface area contributed by atoms with E-state index in [0.29, 0.717) is 5.69 Å². The highest BCUT2D eigenvalue weighted by atomic mass is 16.5. The van der Waals surface area contributed by atoms with E-state index in [4.69, 9.17) is 10.5 Å². The van der Waals surface area contributed by atoms with Crippen LogP contribution >= 0.6 is 0 Å². The maximum atomic E-state index is 6.37. The zero-order chi connectivity index (χ0) is 15.4. The summed E-state index contributed by atoms with van der Waals surface area (Å²) in [7, 11) is 0. The Kier molecular flexibility index (Phi) is 3.84. The van der Waals surface area contributed by atoms with Crippen LogP contribution in [0, 0.1) is 0 Å². The average Bonchev–Trinajstić information content (AvgIpc) is 2.56. The molecule has 0 spiro atoms. The molecule has 0 bridgehead atoms. The summed E-state index contributed by atoms with van der Waals surface area (Å²) in [5, 5.41) is 0. The van der Waals surface area contributed by atoms with Gasteiger partial charge in [0.25, 0.3) is 0 Å². The van der Waals surface area contributed by atoms with Gasteiger partial charge >= 0.3 is 0 Å². The minimum absolute atomic E-state index is 0.573. The maximum absolute atomic E-state index is 6.37. The van der Waals surface area contributed by atoms with Gasteiger partial charge in [0.05, 0.1) is 0 Å². The number of hydrogen-bond donors (Lipinski definition) is 1. The van der Waals surface area contributed by atoms with Gasteiger partial charge in [-0.2, -0.15) is 0 Å². The fourth-order valence-corrected chi connectivity index (χ4v) is 2.61. The fraction of sp³-hybridized carbons (Fsp3) is 0.100. The highest BCUT2D eigenvalue weighted by Crippen LogP contribution is 2.35. The van der Waals surface area contributed by atoms with Crippen molar-refractivity contribution in [1.82, 2.24) is 0 Å². The molecular formula is C20H19NO. The van der Waals surface area contributed by atoms with Crippen molar-refractivity contribution in [3.05, 3.63) is 96.1 Å². The van der Waals surface area contributed by atoms with E-state index in [1.165, 1.54) is 0 Å². The van der Waals surface area contributed by atoms with Crippen LogP contribution in [0.1, 0.15) is 18.1 Å². The third-order valence-corrected chi connectivity index (χ3v) is 3.83. The molecule has 0 aliphatic heterocycles. The van der Waals surface area contributed by atoms with Crippen LogP contribution in [-0.4, -0.2) is 0 Å². The van der Waals surface area contributed by atoms with Gasteiger partial charge in [-0.3, -0.25) is 0 Å². The first kappa shape index (κ1) is 14.2. The number of benzene rings is 3. The van der Waals surface area contributed by atoms with Gasteiger partial charge in [-0.1, -0.05) is 66.7 Å². The third-order valence-electron chi connectivity index (χ3n) is 3.83. The molecule has 0 saturated carbocycles. The van der Waals surface area contributed by atoms with E-state index < -0.39 is 5.60 Å². The van der Waals surface area contributed by atoms with Gasteiger partial charge in [-0.15, -0.1) is 0 Å². The number of hydrogen-bond acceptors (Lipinski definition) is 2. The van der Waals surface area contributed by atoms with Crippen LogP contribution in [0.15, 0.2) is 84.9 Å². The lowest BCUT2D eigenvalue weighted by Crippen LogP contribution is -2.30. The van der Waals surface area contributed by atoms with Crippen LogP contribution in [-0.2, 0) is 5.60 Å². The largest absolute Gasteiger partial charge is 0.478 e. The maximum Gasteiger partial charge on any atom is 0.156 e. The Morgan fingerprint density at radius 3 is 1.77 bits per heavy atom. The highest BCUT2D eigenvalue weighted by molar-refractivity contribution is 5.45. The normalized spacial score (nSPS) is 11.1. The molecule has 0 amide bonds. The van der Waals surface area contributed by atoms with Crippen LogP contribution in [0.4, 0.5) is 5.69 Å². The van der Waals surface area contributed by atoms with E-state index in [1.54, 1.807) is 0 Å². The minimum atomic E-state index is -0.573. The quantitative estimate of drug-likeness (QED) is 0.712. The number of nitrogen functional groups attached to an aromatic ring is 1. The minimum Gasteiger partial charge on any atom is -0.478 e. The van der Waals surface area contributed by atoms with Crippen LogP contribution in [0.3, 0.4) is 0 Å². The zero-order valence-electron chi connectivity index (χ0n) is 12.6. The van der Waals surface area contributed by atoms with Crippen molar-refractivity contribution in [3.8, 4) is 5.75 Å². The van der Waals surface area contributed by atoms with Gasteiger partial charge in [0.15, 0.2) is 5.60 Å². The Balaban J connectivity index is 2.08. The topological polar surface area (TPSA) is 35.2 Å². The van der Waals surface area contributed by atoms with E-state index in [2.05, 4.69) is 31.2 Å². The van der Waals surface area contributed by atoms with Crippen LogP contribution in [0.25, 0.3) is 0 Å². The summed E-state index contributed by atoms with van der Waals surface area (Å²) in [4.78, 5) is 0. The third kappa shape index (κ3) is 2.82. The highest BCUT2D eigenvalue weighted by Gasteiger charge is 2.31. The summed E-state index contributed by atoms with van der Waals surface area (Å²) in [6, 6.07) is 28.0. The van der Waals surface area contributed by atoms with Gasteiger partial charge in [0.2, 0.25) is 0 Å². The van der Waals surface area contributed by atoms with E-state index >= 15 is 0 Å². The summed E-state index contributed by atoms with van der Waals surface area (Å²) in [5.41, 5.74) is 8.20. The molecular weight excluding hydrogens is 270 g/mol. The first-order valence-corrected chi connectivity index (χ1v) is 7.34. The van der Waals surface area contributed by atoms with Crippen molar-refractivity contribution >= 4 is 5.69 Å². The molecule has 0 fully saturated rings. The number of ether oxygens (including phenoxy) is 1. The van der Waals surface area contributed by atoms with Crippen LogP contribution < -0.4 is 10.5 Å². The Morgan fingerprint density at radius 2 is 1.27 bits per heavy atom. The molecule has 3 aromatic carbocycles. The molecule has 22 heavy (non-hydrogen) atoms. The molecule has 2 nitrogen and oxygen atoms in total. The smallest absolute Gasteiger partial charge is 0.156 e. The van der Waals surface area contributed by atoms with E-state index in [1.807, 2.05) is 60.7 Å². The van der Waals surface area contributed by atoms with E-state index in [-0.39, 0.29) is 0 Å². The number of nitrogens with two attached hydrogens (primary N) is 1. The van der Waals surface area contributed by atoms with E-state index in [9.17, 15) is 0 Å². The molecule has 0 aliphatic rings. The molecule has 2 heteroatoms. The molecule has 0 saturated heterocycles. The Morgan fingerprint density at radius 1 is 0.727 bits per heavy atom. The summed E-state index contributed by atoms with van der Waals surface area (Å²) in [6.45, 7) is 2.08. The molecule has 0 unspecified atom stereocenters. The number of anilines is 1. The van der Waals surface area contributed by atoms with Crippen LogP contribution in [0.2, 0.25) is 0 Å². The molecule has 0 radical (unpaired) electrons. The molecule has 0 aromatic heterocycles. The van der Waals surface area contributed by atoms with Gasteiger partial charge in [-0.25, -0.2) is 0 Å². The Labute approximate surface area is 131 Å². The summed E-state index contributed by atoms with van der Waals surface area (Å²) in [6.07, 6.45) is 0. The summed E-state index contributed by atoms with van der Waals surface area (Å²) in [5.74, 6) is 0.759. The first-order valence-electron chi connectivity index (χ1n) is 7.34. The molecule has 0 atom stereocenters. The van der Waals surface area contributed by atoms with Crippen molar-refractivity contribution in [2.45, 2.75) is 12.5 Å². The van der Waals surface area contributed by atoms with Gasteiger partial charge in [0.1, 0.15) is 5.75 Å².